The first-order valence-corrected chi connectivity index (χ1v) is 7.18. The number of aromatic nitrogens is 1. The Kier molecular flexibility index (Phi) is 5.08. The van der Waals surface area contributed by atoms with Crippen molar-refractivity contribution in [3.8, 4) is 0 Å². The molecule has 0 bridgehead atoms. The van der Waals surface area contributed by atoms with Gasteiger partial charge >= 0.3 is 0 Å². The molecule has 1 aromatic rings. The van der Waals surface area contributed by atoms with Crippen molar-refractivity contribution in [1.29, 1.82) is 0 Å². The molecule has 0 aromatic carbocycles. The van der Waals surface area contributed by atoms with Gasteiger partial charge in [0.2, 0.25) is 0 Å². The van der Waals surface area contributed by atoms with E-state index >= 15 is 0 Å². The van der Waals surface area contributed by atoms with Crippen molar-refractivity contribution in [2.24, 2.45) is 0 Å². The van der Waals surface area contributed by atoms with E-state index in [2.05, 4.69) is 15.2 Å². The molecular formula is C13H17ClN4O3. The molecule has 7 nitrogen and oxygen atoms in total. The smallest absolute Gasteiger partial charge is 0.288 e. The number of hydrogen-bond donors (Lipinski definition) is 1. The third kappa shape index (κ3) is 4.12. The molecule has 21 heavy (non-hydrogen) atoms. The first kappa shape index (κ1) is 15.7. The Balaban J connectivity index is 2.01. The summed E-state index contributed by atoms with van der Waals surface area (Å²) in [6.45, 7) is 4.74. The van der Waals surface area contributed by atoms with Gasteiger partial charge in [-0.1, -0.05) is 11.6 Å². The Hall–Kier alpha value is -1.73. The van der Waals surface area contributed by atoms with Gasteiger partial charge in [-0.05, 0) is 32.9 Å². The molecule has 0 spiro atoms. The zero-order chi connectivity index (χ0) is 15.4. The van der Waals surface area contributed by atoms with Gasteiger partial charge in [-0.3, -0.25) is 14.9 Å². The first-order chi connectivity index (χ1) is 9.97. The lowest BCUT2D eigenvalue weighted by atomic mass is 10.2. The second kappa shape index (κ2) is 6.82. The molecular weight excluding hydrogens is 296 g/mol. The molecule has 2 heterocycles. The minimum atomic E-state index is -0.603. The molecule has 1 unspecified atom stereocenters. The number of amides is 1. The van der Waals surface area contributed by atoms with Crippen LogP contribution in [0.4, 0.5) is 5.69 Å². The van der Waals surface area contributed by atoms with Gasteiger partial charge in [0.05, 0.1) is 10.5 Å². The van der Waals surface area contributed by atoms with Crippen molar-refractivity contribution in [2.45, 2.75) is 25.8 Å². The van der Waals surface area contributed by atoms with E-state index in [0.29, 0.717) is 0 Å². The highest BCUT2D eigenvalue weighted by molar-refractivity contribution is 6.32. The van der Waals surface area contributed by atoms with E-state index in [0.717, 1.165) is 31.9 Å². The van der Waals surface area contributed by atoms with E-state index in [1.54, 1.807) is 0 Å². The predicted molar refractivity (Wildman–Crippen MR) is 78.5 cm³/mol. The molecule has 2 rings (SSSR count). The minimum Gasteiger partial charge on any atom is -0.348 e. The van der Waals surface area contributed by atoms with Crippen LogP contribution < -0.4 is 5.32 Å². The molecule has 0 radical (unpaired) electrons. The van der Waals surface area contributed by atoms with Gasteiger partial charge < -0.3 is 10.2 Å². The Labute approximate surface area is 127 Å². The molecule has 1 aliphatic rings. The zero-order valence-corrected chi connectivity index (χ0v) is 12.5. The lowest BCUT2D eigenvalue weighted by Crippen LogP contribution is -2.41. The summed E-state index contributed by atoms with van der Waals surface area (Å²) in [5.74, 6) is -0.442. The van der Waals surface area contributed by atoms with Gasteiger partial charge in [0.25, 0.3) is 11.6 Å². The van der Waals surface area contributed by atoms with Crippen LogP contribution in [0.2, 0.25) is 5.15 Å². The number of nitrogens with one attached hydrogen (secondary N) is 1. The predicted octanol–water partition coefficient (Wildman–Crippen LogP) is 1.86. The van der Waals surface area contributed by atoms with E-state index in [9.17, 15) is 14.9 Å². The van der Waals surface area contributed by atoms with Crippen molar-refractivity contribution in [3.05, 3.63) is 33.1 Å². The van der Waals surface area contributed by atoms with Crippen LogP contribution in [-0.2, 0) is 0 Å². The molecule has 0 saturated carbocycles. The third-order valence-electron chi connectivity index (χ3n) is 3.39. The molecule has 1 atom stereocenters. The lowest BCUT2D eigenvalue weighted by Gasteiger charge is -2.21. The van der Waals surface area contributed by atoms with Crippen LogP contribution in [0.3, 0.4) is 0 Å². The molecule has 1 saturated heterocycles. The third-order valence-corrected chi connectivity index (χ3v) is 3.69. The monoisotopic (exact) mass is 312 g/mol. The van der Waals surface area contributed by atoms with Gasteiger partial charge in [-0.15, -0.1) is 0 Å². The summed E-state index contributed by atoms with van der Waals surface area (Å²) >= 11 is 5.84. The van der Waals surface area contributed by atoms with Gasteiger partial charge in [-0.25, -0.2) is 4.98 Å². The fourth-order valence-electron chi connectivity index (χ4n) is 2.40. The van der Waals surface area contributed by atoms with Gasteiger partial charge in [0, 0.05) is 18.7 Å². The molecule has 1 aromatic heterocycles. The van der Waals surface area contributed by atoms with Crippen LogP contribution in [0.15, 0.2) is 12.3 Å². The highest BCUT2D eigenvalue weighted by Gasteiger charge is 2.20. The lowest BCUT2D eigenvalue weighted by molar-refractivity contribution is -0.385. The number of nitro groups is 1. The second-order valence-corrected chi connectivity index (χ2v) is 5.53. The van der Waals surface area contributed by atoms with Crippen molar-refractivity contribution < 1.29 is 9.72 Å². The standard InChI is InChI=1S/C13H17ClN4O3/c1-9(8-17-4-2-3-5-17)16-13(19)11-6-10(18(20)21)7-15-12(11)14/h6-7,9H,2-5,8H2,1H3,(H,16,19). The summed E-state index contributed by atoms with van der Waals surface area (Å²) in [4.78, 5) is 28.2. The normalized spacial score (nSPS) is 16.7. The summed E-state index contributed by atoms with van der Waals surface area (Å²) in [5, 5.41) is 13.5. The molecule has 1 fully saturated rings. The quantitative estimate of drug-likeness (QED) is 0.509. The number of nitrogens with zero attached hydrogens (tertiary/aromatic N) is 3. The van der Waals surface area contributed by atoms with Crippen LogP contribution in [0, 0.1) is 10.1 Å². The summed E-state index contributed by atoms with van der Waals surface area (Å²) in [7, 11) is 0. The first-order valence-electron chi connectivity index (χ1n) is 6.80. The maximum absolute atomic E-state index is 12.1. The van der Waals surface area contributed by atoms with Gasteiger partial charge in [-0.2, -0.15) is 0 Å². The van der Waals surface area contributed by atoms with Crippen LogP contribution in [-0.4, -0.2) is 46.4 Å². The molecule has 0 aliphatic carbocycles. The van der Waals surface area contributed by atoms with E-state index < -0.39 is 10.8 Å². The van der Waals surface area contributed by atoms with E-state index in [-0.39, 0.29) is 22.4 Å². The van der Waals surface area contributed by atoms with Gasteiger partial charge in [0.15, 0.2) is 0 Å². The van der Waals surface area contributed by atoms with Crippen molar-refractivity contribution >= 4 is 23.2 Å². The summed E-state index contributed by atoms with van der Waals surface area (Å²) in [5.41, 5.74) is -0.226. The Morgan fingerprint density at radius 2 is 2.24 bits per heavy atom. The number of pyridine rings is 1. The summed E-state index contributed by atoms with van der Waals surface area (Å²) in [6, 6.07) is 1.08. The maximum atomic E-state index is 12.1. The fraction of sp³-hybridized carbons (Fsp3) is 0.538. The van der Waals surface area contributed by atoms with Crippen molar-refractivity contribution in [1.82, 2.24) is 15.2 Å². The summed E-state index contributed by atoms with van der Waals surface area (Å²) in [6.07, 6.45) is 3.40. The van der Waals surface area contributed by atoms with Crippen molar-refractivity contribution in [3.63, 3.8) is 0 Å². The number of halogens is 1. The SMILES string of the molecule is CC(CN1CCCC1)NC(=O)c1cc([N+](=O)[O-])cnc1Cl. The number of rotatable bonds is 5. The topological polar surface area (TPSA) is 88.4 Å². The van der Waals surface area contributed by atoms with Crippen LogP contribution in [0.25, 0.3) is 0 Å². The second-order valence-electron chi connectivity index (χ2n) is 5.17. The fourth-order valence-corrected chi connectivity index (χ4v) is 2.58. The number of carbonyl (C=O) groups excluding carboxylic acids is 1. The molecule has 1 aliphatic heterocycles. The average Bonchev–Trinajstić information content (AvgIpc) is 2.91. The van der Waals surface area contributed by atoms with Crippen LogP contribution in [0.5, 0.6) is 0 Å². The highest BCUT2D eigenvalue weighted by atomic mass is 35.5. The van der Waals surface area contributed by atoms with E-state index in [4.69, 9.17) is 11.6 Å². The molecule has 1 N–H and O–H groups in total. The van der Waals surface area contributed by atoms with E-state index in [1.807, 2.05) is 6.92 Å². The molecule has 114 valence electrons. The Bertz CT molecular complexity index is 546. The minimum absolute atomic E-state index is 0.0270. The van der Waals surface area contributed by atoms with E-state index in [1.165, 1.54) is 12.8 Å². The molecule has 8 heteroatoms. The Morgan fingerprint density at radius 3 is 2.86 bits per heavy atom. The van der Waals surface area contributed by atoms with Crippen molar-refractivity contribution in [2.75, 3.05) is 19.6 Å². The summed E-state index contributed by atoms with van der Waals surface area (Å²) < 4.78 is 0. The number of carbonyl (C=O) groups is 1. The van der Waals surface area contributed by atoms with Crippen LogP contribution >= 0.6 is 11.6 Å². The molecule has 1 amide bonds. The Morgan fingerprint density at radius 1 is 1.57 bits per heavy atom. The number of likely N-dealkylation sites (tertiary alicyclic amines) is 1. The zero-order valence-electron chi connectivity index (χ0n) is 11.7. The average molecular weight is 313 g/mol. The maximum Gasteiger partial charge on any atom is 0.288 e. The number of hydrogen-bond acceptors (Lipinski definition) is 5. The highest BCUT2D eigenvalue weighted by Crippen LogP contribution is 2.19. The largest absolute Gasteiger partial charge is 0.348 e. The van der Waals surface area contributed by atoms with Gasteiger partial charge in [0.1, 0.15) is 11.3 Å². The van der Waals surface area contributed by atoms with Crippen LogP contribution in [0.1, 0.15) is 30.1 Å².